The first-order valence-electron chi connectivity index (χ1n) is 3.84. The van der Waals surface area contributed by atoms with Crippen molar-refractivity contribution in [3.8, 4) is 5.75 Å². The minimum Gasteiger partial charge on any atom is -0.496 e. The minimum absolute atomic E-state index is 0.390. The molecule has 0 fully saturated rings. The average Bonchev–Trinajstić information content (AvgIpc) is 2.16. The van der Waals surface area contributed by atoms with Crippen LogP contribution in [0.25, 0.3) is 0 Å². The largest absolute Gasteiger partial charge is 0.496 e. The Kier molecular flexibility index (Phi) is 2.74. The van der Waals surface area contributed by atoms with Gasteiger partial charge in [0.15, 0.2) is 0 Å². The fraction of sp³-hybridized carbons (Fsp3) is 0.222. The zero-order valence-corrected chi connectivity index (χ0v) is 7.63. The highest BCUT2D eigenvalue weighted by Gasteiger charge is 2.08. The van der Waals surface area contributed by atoms with Gasteiger partial charge in [0, 0.05) is 18.8 Å². The molecule has 0 heterocycles. The number of anilines is 1. The molecule has 0 saturated carbocycles. The number of methoxy groups -OCH3 is 1. The van der Waals surface area contributed by atoms with Gasteiger partial charge in [-0.3, -0.25) is 4.79 Å². The predicted octanol–water partition coefficient (Wildman–Crippen LogP) is 0.836. The molecule has 1 aromatic rings. The van der Waals surface area contributed by atoms with Crippen molar-refractivity contribution in [1.82, 2.24) is 0 Å². The van der Waals surface area contributed by atoms with E-state index in [1.807, 2.05) is 0 Å². The van der Waals surface area contributed by atoms with Crippen LogP contribution in [0.4, 0.5) is 5.69 Å². The molecule has 1 amide bonds. The maximum atomic E-state index is 10.9. The number of primary amides is 1. The summed E-state index contributed by atoms with van der Waals surface area (Å²) in [6.45, 7) is 0. The van der Waals surface area contributed by atoms with E-state index in [0.29, 0.717) is 11.3 Å². The lowest BCUT2D eigenvalue weighted by atomic mass is 10.1. The van der Waals surface area contributed by atoms with E-state index in [1.54, 1.807) is 25.2 Å². The molecule has 0 spiro atoms. The van der Waals surface area contributed by atoms with E-state index in [-0.39, 0.29) is 0 Å². The van der Waals surface area contributed by atoms with Crippen molar-refractivity contribution in [2.45, 2.75) is 0 Å². The summed E-state index contributed by atoms with van der Waals surface area (Å²) in [5.74, 6) is -0.00106. The molecule has 4 heteroatoms. The molecule has 1 aromatic carbocycles. The second-order valence-corrected chi connectivity index (χ2v) is 2.53. The molecule has 0 aliphatic heterocycles. The fourth-order valence-electron chi connectivity index (χ4n) is 1.05. The first-order chi connectivity index (χ1) is 6.19. The van der Waals surface area contributed by atoms with E-state index in [1.165, 1.54) is 7.11 Å². The van der Waals surface area contributed by atoms with E-state index < -0.39 is 5.91 Å². The summed E-state index contributed by atoms with van der Waals surface area (Å²) in [6, 6.07) is 5.12. The van der Waals surface area contributed by atoms with Crippen LogP contribution in [0, 0.1) is 0 Å². The molecule has 3 N–H and O–H groups in total. The molecule has 1 rings (SSSR count). The van der Waals surface area contributed by atoms with Crippen molar-refractivity contribution in [2.24, 2.45) is 5.73 Å². The molecule has 0 aliphatic rings. The maximum Gasteiger partial charge on any atom is 0.252 e. The number of carbonyl (C=O) groups is 1. The summed E-state index contributed by atoms with van der Waals surface area (Å²) in [7, 11) is 3.29. The SMILES string of the molecule is CNc1ccc(C(N)=O)c(OC)c1. The minimum atomic E-state index is -0.487. The zero-order valence-electron chi connectivity index (χ0n) is 7.63. The van der Waals surface area contributed by atoms with Gasteiger partial charge in [-0.1, -0.05) is 0 Å². The molecule has 4 nitrogen and oxygen atoms in total. The second kappa shape index (κ2) is 3.80. The van der Waals surface area contributed by atoms with Crippen LogP contribution < -0.4 is 15.8 Å². The number of nitrogens with one attached hydrogen (secondary N) is 1. The molecule has 0 saturated heterocycles. The van der Waals surface area contributed by atoms with E-state index in [0.717, 1.165) is 5.69 Å². The summed E-state index contributed by atoms with van der Waals surface area (Å²) < 4.78 is 5.01. The molecular weight excluding hydrogens is 168 g/mol. The normalized spacial score (nSPS) is 9.38. The third kappa shape index (κ3) is 1.90. The number of amides is 1. The van der Waals surface area contributed by atoms with Crippen molar-refractivity contribution < 1.29 is 9.53 Å². The lowest BCUT2D eigenvalue weighted by molar-refractivity contribution is 0.0997. The van der Waals surface area contributed by atoms with Crippen molar-refractivity contribution in [2.75, 3.05) is 19.5 Å². The molecule has 0 atom stereocenters. The standard InChI is InChI=1S/C9H12N2O2/c1-11-6-3-4-7(9(10)12)8(5-6)13-2/h3-5,11H,1-2H3,(H2,10,12). The molecule has 0 radical (unpaired) electrons. The van der Waals surface area contributed by atoms with Crippen molar-refractivity contribution in [3.05, 3.63) is 23.8 Å². The molecular formula is C9H12N2O2. The summed E-state index contributed by atoms with van der Waals surface area (Å²) in [5.41, 5.74) is 6.41. The Morgan fingerprint density at radius 1 is 1.54 bits per heavy atom. The lowest BCUT2D eigenvalue weighted by Crippen LogP contribution is -2.12. The summed E-state index contributed by atoms with van der Waals surface area (Å²) in [6.07, 6.45) is 0. The van der Waals surface area contributed by atoms with Gasteiger partial charge in [-0.05, 0) is 12.1 Å². The van der Waals surface area contributed by atoms with Gasteiger partial charge >= 0.3 is 0 Å². The summed E-state index contributed by atoms with van der Waals surface area (Å²) >= 11 is 0. The average molecular weight is 180 g/mol. The number of carbonyl (C=O) groups excluding carboxylic acids is 1. The number of hydrogen-bond acceptors (Lipinski definition) is 3. The molecule has 70 valence electrons. The van der Waals surface area contributed by atoms with Crippen LogP contribution in [0.5, 0.6) is 5.75 Å². The van der Waals surface area contributed by atoms with Gasteiger partial charge in [-0.15, -0.1) is 0 Å². The van der Waals surface area contributed by atoms with Crippen molar-refractivity contribution in [3.63, 3.8) is 0 Å². The molecule has 0 bridgehead atoms. The van der Waals surface area contributed by atoms with Crippen LogP contribution in [0.1, 0.15) is 10.4 Å². The van der Waals surface area contributed by atoms with Gasteiger partial charge < -0.3 is 15.8 Å². The van der Waals surface area contributed by atoms with Crippen LogP contribution in [-0.4, -0.2) is 20.1 Å². The highest BCUT2D eigenvalue weighted by Crippen LogP contribution is 2.22. The quantitative estimate of drug-likeness (QED) is 0.724. The first kappa shape index (κ1) is 9.38. The van der Waals surface area contributed by atoms with Crippen LogP contribution >= 0.6 is 0 Å². The van der Waals surface area contributed by atoms with E-state index in [9.17, 15) is 4.79 Å². The highest BCUT2D eigenvalue weighted by atomic mass is 16.5. The van der Waals surface area contributed by atoms with Gasteiger partial charge in [0.1, 0.15) is 5.75 Å². The Morgan fingerprint density at radius 3 is 2.69 bits per heavy atom. The zero-order chi connectivity index (χ0) is 9.84. The predicted molar refractivity (Wildman–Crippen MR) is 51.1 cm³/mol. The van der Waals surface area contributed by atoms with Crippen LogP contribution in [0.3, 0.4) is 0 Å². The number of hydrogen-bond donors (Lipinski definition) is 2. The third-order valence-electron chi connectivity index (χ3n) is 1.76. The summed E-state index contributed by atoms with van der Waals surface area (Å²) in [4.78, 5) is 10.9. The number of ether oxygens (including phenoxy) is 1. The highest BCUT2D eigenvalue weighted by molar-refractivity contribution is 5.96. The number of benzene rings is 1. The van der Waals surface area contributed by atoms with Gasteiger partial charge in [0.05, 0.1) is 12.7 Å². The molecule has 0 unspecified atom stereocenters. The van der Waals surface area contributed by atoms with Gasteiger partial charge in [0.2, 0.25) is 0 Å². The summed E-state index contributed by atoms with van der Waals surface area (Å²) in [5, 5.41) is 2.94. The number of rotatable bonds is 3. The third-order valence-corrected chi connectivity index (χ3v) is 1.76. The van der Waals surface area contributed by atoms with E-state index >= 15 is 0 Å². The maximum absolute atomic E-state index is 10.9. The van der Waals surface area contributed by atoms with E-state index in [2.05, 4.69) is 5.32 Å². The topological polar surface area (TPSA) is 64.3 Å². The Morgan fingerprint density at radius 2 is 2.23 bits per heavy atom. The van der Waals surface area contributed by atoms with Crippen LogP contribution in [0.15, 0.2) is 18.2 Å². The fourth-order valence-corrected chi connectivity index (χ4v) is 1.05. The van der Waals surface area contributed by atoms with E-state index in [4.69, 9.17) is 10.5 Å². The Balaban J connectivity index is 3.15. The first-order valence-corrected chi connectivity index (χ1v) is 3.84. The molecule has 13 heavy (non-hydrogen) atoms. The molecule has 0 aromatic heterocycles. The van der Waals surface area contributed by atoms with Crippen molar-refractivity contribution in [1.29, 1.82) is 0 Å². The van der Waals surface area contributed by atoms with Gasteiger partial charge in [-0.25, -0.2) is 0 Å². The van der Waals surface area contributed by atoms with Crippen LogP contribution in [0.2, 0.25) is 0 Å². The Bertz CT molecular complexity index is 323. The monoisotopic (exact) mass is 180 g/mol. The second-order valence-electron chi connectivity index (χ2n) is 2.53. The van der Waals surface area contributed by atoms with Gasteiger partial charge in [0.25, 0.3) is 5.91 Å². The van der Waals surface area contributed by atoms with Gasteiger partial charge in [-0.2, -0.15) is 0 Å². The Labute approximate surface area is 76.7 Å². The number of nitrogens with two attached hydrogens (primary N) is 1. The van der Waals surface area contributed by atoms with Crippen LogP contribution in [-0.2, 0) is 0 Å². The lowest BCUT2D eigenvalue weighted by Gasteiger charge is -2.07. The smallest absolute Gasteiger partial charge is 0.252 e. The molecule has 0 aliphatic carbocycles. The Hall–Kier alpha value is -1.71. The van der Waals surface area contributed by atoms with Crippen molar-refractivity contribution >= 4 is 11.6 Å².